The van der Waals surface area contributed by atoms with Crippen molar-refractivity contribution in [3.05, 3.63) is 12.7 Å². The first-order valence-corrected chi connectivity index (χ1v) is 9.44. The number of nitrogens with one attached hydrogen (secondary N) is 2. The molecule has 2 aromatic heterocycles. The van der Waals surface area contributed by atoms with E-state index < -0.39 is 24.5 Å². The Morgan fingerprint density at radius 3 is 2.86 bits per heavy atom. The summed E-state index contributed by atoms with van der Waals surface area (Å²) in [5.74, 6) is 0.576. The fourth-order valence-electron chi connectivity index (χ4n) is 3.46. The monoisotopic (exact) mass is 407 g/mol. The van der Waals surface area contributed by atoms with Crippen LogP contribution in [0, 0.1) is 0 Å². The zero-order valence-corrected chi connectivity index (χ0v) is 16.2. The van der Waals surface area contributed by atoms with E-state index >= 15 is 0 Å². The number of urea groups is 1. The predicted octanol–water partition coefficient (Wildman–Crippen LogP) is -1.08. The molecule has 2 aliphatic heterocycles. The summed E-state index contributed by atoms with van der Waals surface area (Å²) in [6, 6.07) is -0.163. The van der Waals surface area contributed by atoms with Crippen molar-refractivity contribution < 1.29 is 24.5 Å². The lowest BCUT2D eigenvalue weighted by molar-refractivity contribution is -0.0336. The minimum Gasteiger partial charge on any atom is -0.387 e. The smallest absolute Gasteiger partial charge is 0.316 e. The Balaban J connectivity index is 1.52. The van der Waals surface area contributed by atoms with Gasteiger partial charge in [0.25, 0.3) is 0 Å². The molecule has 12 nitrogen and oxygen atoms in total. The number of ether oxygens (including phenoxy) is 2. The highest BCUT2D eigenvalue weighted by Gasteiger charge is 2.44. The van der Waals surface area contributed by atoms with Gasteiger partial charge in [-0.1, -0.05) is 0 Å². The highest BCUT2D eigenvalue weighted by molar-refractivity contribution is 5.82. The lowest BCUT2D eigenvalue weighted by Gasteiger charge is -2.18. The fraction of sp³-hybridized carbons (Fsp3) is 0.647. The van der Waals surface area contributed by atoms with Gasteiger partial charge in [-0.3, -0.25) is 4.57 Å². The van der Waals surface area contributed by atoms with E-state index in [-0.39, 0.29) is 18.6 Å². The van der Waals surface area contributed by atoms with Gasteiger partial charge in [-0.2, -0.15) is 0 Å². The predicted molar refractivity (Wildman–Crippen MR) is 101 cm³/mol. The standard InChI is InChI=1S/C17H25N7O5/c1-23(2)17(27)18-5-10-12(25)13(26)16(29-10)24-8-21-11-14(19-7-20-15(11)24)22-9-3-4-28-6-9/h7-10,12-13,16,25-26H,3-6H2,1-2H3,(H,18,27)(H,19,20,22)/t9-,10-,12-,13-,16-/m1/s1. The number of aliphatic hydroxyl groups excluding tert-OH is 2. The highest BCUT2D eigenvalue weighted by atomic mass is 16.6. The molecule has 0 radical (unpaired) electrons. The molecule has 29 heavy (non-hydrogen) atoms. The molecule has 4 rings (SSSR count). The number of imidazole rings is 1. The van der Waals surface area contributed by atoms with Crippen LogP contribution in [0.2, 0.25) is 0 Å². The molecular formula is C17H25N7O5. The fourth-order valence-corrected chi connectivity index (χ4v) is 3.46. The molecule has 0 unspecified atom stereocenters. The van der Waals surface area contributed by atoms with Gasteiger partial charge in [0.2, 0.25) is 0 Å². The Labute approximate surface area is 166 Å². The van der Waals surface area contributed by atoms with E-state index in [2.05, 4.69) is 25.6 Å². The van der Waals surface area contributed by atoms with Crippen molar-refractivity contribution in [3.63, 3.8) is 0 Å². The van der Waals surface area contributed by atoms with Gasteiger partial charge < -0.3 is 35.2 Å². The minimum atomic E-state index is -1.21. The molecule has 0 bridgehead atoms. The Bertz CT molecular complexity index is 869. The quantitative estimate of drug-likeness (QED) is 0.486. The Hall–Kier alpha value is -2.54. The third-order valence-electron chi connectivity index (χ3n) is 5.10. The van der Waals surface area contributed by atoms with Gasteiger partial charge in [0.1, 0.15) is 24.6 Å². The van der Waals surface area contributed by atoms with Crippen molar-refractivity contribution in [1.82, 2.24) is 29.7 Å². The number of amides is 2. The molecule has 5 atom stereocenters. The summed E-state index contributed by atoms with van der Waals surface area (Å²) < 4.78 is 12.8. The van der Waals surface area contributed by atoms with Crippen molar-refractivity contribution in [1.29, 1.82) is 0 Å². The zero-order valence-electron chi connectivity index (χ0n) is 16.2. The molecule has 12 heteroatoms. The van der Waals surface area contributed by atoms with Crippen molar-refractivity contribution in [2.45, 2.75) is 37.0 Å². The maximum atomic E-state index is 11.7. The van der Waals surface area contributed by atoms with Crippen LogP contribution in [0.1, 0.15) is 12.6 Å². The number of carbonyl (C=O) groups excluding carboxylic acids is 1. The molecule has 2 amide bonds. The number of fused-ring (bicyclic) bond motifs is 1. The van der Waals surface area contributed by atoms with Gasteiger partial charge in [-0.05, 0) is 6.42 Å². The lowest BCUT2D eigenvalue weighted by Crippen LogP contribution is -2.43. The summed E-state index contributed by atoms with van der Waals surface area (Å²) in [6.45, 7) is 1.36. The number of aromatic nitrogens is 4. The van der Waals surface area contributed by atoms with Gasteiger partial charge in [0, 0.05) is 27.2 Å². The van der Waals surface area contributed by atoms with Crippen LogP contribution in [-0.4, -0.2) is 98.9 Å². The zero-order chi connectivity index (χ0) is 20.5. The first kappa shape index (κ1) is 19.8. The summed E-state index contributed by atoms with van der Waals surface area (Å²) in [4.78, 5) is 26.0. The van der Waals surface area contributed by atoms with Crippen LogP contribution in [0.25, 0.3) is 11.2 Å². The summed E-state index contributed by atoms with van der Waals surface area (Å²) >= 11 is 0. The number of anilines is 1. The molecule has 4 N–H and O–H groups in total. The third-order valence-corrected chi connectivity index (χ3v) is 5.10. The van der Waals surface area contributed by atoms with Crippen LogP contribution in [0.3, 0.4) is 0 Å². The normalized spacial score (nSPS) is 29.3. The molecule has 0 aromatic carbocycles. The average Bonchev–Trinajstić information content (AvgIpc) is 3.42. The molecule has 2 aliphatic rings. The average molecular weight is 407 g/mol. The van der Waals surface area contributed by atoms with E-state index in [1.165, 1.54) is 17.6 Å². The van der Waals surface area contributed by atoms with E-state index in [4.69, 9.17) is 9.47 Å². The Morgan fingerprint density at radius 1 is 1.31 bits per heavy atom. The van der Waals surface area contributed by atoms with Crippen LogP contribution >= 0.6 is 0 Å². The second kappa shape index (κ2) is 8.06. The van der Waals surface area contributed by atoms with E-state index in [1.54, 1.807) is 18.7 Å². The second-order valence-corrected chi connectivity index (χ2v) is 7.38. The molecule has 4 heterocycles. The number of nitrogens with zero attached hydrogens (tertiary/aromatic N) is 5. The molecule has 2 saturated heterocycles. The second-order valence-electron chi connectivity index (χ2n) is 7.38. The topological polar surface area (TPSA) is 147 Å². The maximum Gasteiger partial charge on any atom is 0.316 e. The lowest BCUT2D eigenvalue weighted by atomic mass is 10.1. The largest absolute Gasteiger partial charge is 0.387 e. The van der Waals surface area contributed by atoms with Crippen molar-refractivity contribution in [3.8, 4) is 0 Å². The summed E-state index contributed by atoms with van der Waals surface area (Å²) in [6.07, 6.45) is -0.260. The van der Waals surface area contributed by atoms with Crippen LogP contribution in [-0.2, 0) is 9.47 Å². The highest BCUT2D eigenvalue weighted by Crippen LogP contribution is 2.32. The van der Waals surface area contributed by atoms with Crippen LogP contribution in [0.15, 0.2) is 12.7 Å². The van der Waals surface area contributed by atoms with Crippen LogP contribution in [0.4, 0.5) is 10.6 Å². The molecule has 2 aromatic rings. The van der Waals surface area contributed by atoms with E-state index in [1.807, 2.05) is 0 Å². The number of aliphatic hydroxyl groups is 2. The Kier molecular flexibility index (Phi) is 5.50. The number of hydrogen-bond donors (Lipinski definition) is 4. The molecule has 158 valence electrons. The molecule has 0 aliphatic carbocycles. The number of rotatable bonds is 5. The molecule has 2 fully saturated rings. The number of carbonyl (C=O) groups is 1. The summed E-state index contributed by atoms with van der Waals surface area (Å²) in [5, 5.41) is 26.8. The molecular weight excluding hydrogens is 382 g/mol. The summed E-state index contributed by atoms with van der Waals surface area (Å²) in [5.41, 5.74) is 1.00. The SMILES string of the molecule is CN(C)C(=O)NC[C@H]1O[C@@H](n2cnc3c(N[C@@H]4CCOC4)ncnc32)[C@H](O)[C@@H]1O. The van der Waals surface area contributed by atoms with E-state index in [0.717, 1.165) is 6.42 Å². The third kappa shape index (κ3) is 3.83. The first-order chi connectivity index (χ1) is 14.0. The van der Waals surface area contributed by atoms with E-state index in [0.29, 0.717) is 30.2 Å². The molecule has 0 spiro atoms. The van der Waals surface area contributed by atoms with Crippen molar-refractivity contribution in [2.24, 2.45) is 0 Å². The molecule has 0 saturated carbocycles. The number of hydrogen-bond acceptors (Lipinski definition) is 9. The van der Waals surface area contributed by atoms with Gasteiger partial charge in [-0.15, -0.1) is 0 Å². The Morgan fingerprint density at radius 2 is 2.14 bits per heavy atom. The van der Waals surface area contributed by atoms with Gasteiger partial charge in [-0.25, -0.2) is 19.7 Å². The van der Waals surface area contributed by atoms with Crippen LogP contribution in [0.5, 0.6) is 0 Å². The van der Waals surface area contributed by atoms with E-state index in [9.17, 15) is 15.0 Å². The first-order valence-electron chi connectivity index (χ1n) is 9.44. The van der Waals surface area contributed by atoms with Gasteiger partial charge in [0.05, 0.1) is 19.0 Å². The van der Waals surface area contributed by atoms with Gasteiger partial charge >= 0.3 is 6.03 Å². The van der Waals surface area contributed by atoms with Gasteiger partial charge in [0.15, 0.2) is 23.2 Å². The van der Waals surface area contributed by atoms with Crippen molar-refractivity contribution >= 4 is 23.0 Å². The minimum absolute atomic E-state index is 0.0574. The van der Waals surface area contributed by atoms with Crippen LogP contribution < -0.4 is 10.6 Å². The summed E-state index contributed by atoms with van der Waals surface area (Å²) in [7, 11) is 3.22. The van der Waals surface area contributed by atoms with Crippen molar-refractivity contribution in [2.75, 3.05) is 39.2 Å². The maximum absolute atomic E-state index is 11.7.